The molecule has 0 aromatic carbocycles. The van der Waals surface area contributed by atoms with Gasteiger partial charge in [-0.2, -0.15) is 5.06 Å². The Kier molecular flexibility index (Phi) is 30.8. The molecule has 1 rings (SSSR count). The van der Waals surface area contributed by atoms with E-state index in [9.17, 15) is 24.3 Å². The van der Waals surface area contributed by atoms with Crippen LogP contribution in [0.1, 0.15) is 214 Å². The number of carbonyl (C=O) groups is 2. The van der Waals surface area contributed by atoms with E-state index in [4.69, 9.17) is 23.3 Å². The van der Waals surface area contributed by atoms with Gasteiger partial charge in [0, 0.05) is 12.8 Å². The van der Waals surface area contributed by atoms with E-state index in [1.54, 1.807) is 0 Å². The summed E-state index contributed by atoms with van der Waals surface area (Å²) in [6, 6.07) is 0. The summed E-state index contributed by atoms with van der Waals surface area (Å²) in [7, 11) is 1.39. The normalized spacial score (nSPS) is 18.5. The first-order valence-electron chi connectivity index (χ1n) is 24.0. The van der Waals surface area contributed by atoms with Crippen LogP contribution in [0.2, 0.25) is 0 Å². The fraction of sp³-hybridized carbons (Fsp3) is 0.957. The Balaban J connectivity index is 2.54. The lowest BCUT2D eigenvalue weighted by Gasteiger charge is -2.37. The van der Waals surface area contributed by atoms with E-state index in [1.165, 1.54) is 114 Å². The van der Waals surface area contributed by atoms with Crippen molar-refractivity contribution in [1.82, 2.24) is 5.06 Å². The van der Waals surface area contributed by atoms with Gasteiger partial charge in [-0.15, -0.1) is 0 Å². The van der Waals surface area contributed by atoms with Gasteiger partial charge in [-0.1, -0.05) is 149 Å². The predicted molar refractivity (Wildman–Crippen MR) is 237 cm³/mol. The van der Waals surface area contributed by atoms with Gasteiger partial charge in [-0.3, -0.25) is 18.6 Å². The van der Waals surface area contributed by atoms with Crippen molar-refractivity contribution < 1.29 is 52.0 Å². The van der Waals surface area contributed by atoms with Crippen molar-refractivity contribution in [2.45, 2.75) is 231 Å². The molecule has 1 aliphatic heterocycles. The minimum atomic E-state index is -4.43. The summed E-state index contributed by atoms with van der Waals surface area (Å²) in [6.07, 6.45) is 29.6. The quantitative estimate of drug-likeness (QED) is 0.0263. The van der Waals surface area contributed by atoms with Crippen molar-refractivity contribution in [2.75, 3.05) is 54.1 Å². The molecular formula is C46H92N2O10P+. The Bertz CT molecular complexity index is 1120. The van der Waals surface area contributed by atoms with Crippen molar-refractivity contribution >= 4 is 19.8 Å². The summed E-state index contributed by atoms with van der Waals surface area (Å²) in [5.74, 6) is -0.900. The van der Waals surface area contributed by atoms with Crippen LogP contribution in [-0.4, -0.2) is 103 Å². The van der Waals surface area contributed by atoms with Gasteiger partial charge in [0.2, 0.25) is 0 Å². The van der Waals surface area contributed by atoms with Crippen LogP contribution in [0.3, 0.4) is 0 Å². The first-order chi connectivity index (χ1) is 28.1. The first-order valence-corrected chi connectivity index (χ1v) is 25.5. The number of phosphoric ester groups is 1. The van der Waals surface area contributed by atoms with Gasteiger partial charge in [0.1, 0.15) is 25.5 Å². The molecular weight excluding hydrogens is 771 g/mol. The Hall–Kier alpha value is -1.11. The van der Waals surface area contributed by atoms with E-state index in [1.807, 2.05) is 35.0 Å². The van der Waals surface area contributed by atoms with Gasteiger partial charge in [0.25, 0.3) is 0 Å². The molecule has 350 valence electrons. The molecule has 3 atom stereocenters. The molecule has 0 radical (unpaired) electrons. The minimum absolute atomic E-state index is 0.00685. The largest absolute Gasteiger partial charge is 0.472 e. The highest BCUT2D eigenvalue weighted by Crippen LogP contribution is 2.43. The zero-order valence-electron chi connectivity index (χ0n) is 39.1. The number of phosphoric acid groups is 1. The predicted octanol–water partition coefficient (Wildman–Crippen LogP) is 11.8. The molecule has 1 heterocycles. The van der Waals surface area contributed by atoms with Gasteiger partial charge in [0.05, 0.1) is 39.9 Å². The zero-order valence-corrected chi connectivity index (χ0v) is 40.0. The Morgan fingerprint density at radius 3 is 1.53 bits per heavy atom. The summed E-state index contributed by atoms with van der Waals surface area (Å²) in [5.41, 5.74) is -1.19. The van der Waals surface area contributed by atoms with Crippen LogP contribution in [0.25, 0.3) is 0 Å². The number of hydrogen-bond donors (Lipinski definition) is 2. The fourth-order valence-corrected chi connectivity index (χ4v) is 8.32. The third-order valence-electron chi connectivity index (χ3n) is 11.4. The minimum Gasteiger partial charge on any atom is -0.462 e. The topological polar surface area (TPSA) is 141 Å². The summed E-state index contributed by atoms with van der Waals surface area (Å²) >= 11 is 0. The van der Waals surface area contributed by atoms with Crippen molar-refractivity contribution in [3.05, 3.63) is 0 Å². The molecule has 12 nitrogen and oxygen atoms in total. The number of hydroxylamine groups is 2. The monoisotopic (exact) mass is 864 g/mol. The fourth-order valence-electron chi connectivity index (χ4n) is 7.58. The summed E-state index contributed by atoms with van der Waals surface area (Å²) < 4.78 is 40.9. The van der Waals surface area contributed by atoms with Crippen LogP contribution < -0.4 is 0 Å². The van der Waals surface area contributed by atoms with Gasteiger partial charge >= 0.3 is 19.8 Å². The molecule has 0 aromatic rings. The Morgan fingerprint density at radius 2 is 1.08 bits per heavy atom. The number of rotatable bonds is 40. The number of esters is 2. The van der Waals surface area contributed by atoms with Crippen LogP contribution in [0.4, 0.5) is 0 Å². The number of nitrogens with zero attached hydrogens (tertiary/aromatic N) is 2. The number of carbonyl (C=O) groups excluding carboxylic acids is 2. The molecule has 2 N–H and O–H groups in total. The van der Waals surface area contributed by atoms with E-state index in [-0.39, 0.29) is 26.1 Å². The van der Waals surface area contributed by atoms with Crippen LogP contribution >= 0.6 is 7.82 Å². The molecule has 0 aliphatic carbocycles. The molecule has 0 bridgehead atoms. The molecule has 1 aliphatic rings. The number of likely N-dealkylation sites (N-methyl/N-ethyl adjacent to an activating group) is 1. The molecule has 0 amide bonds. The first kappa shape index (κ1) is 55.9. The molecule has 0 aromatic heterocycles. The van der Waals surface area contributed by atoms with E-state index in [0.717, 1.165) is 51.4 Å². The van der Waals surface area contributed by atoms with E-state index >= 15 is 0 Å². The number of hydrogen-bond acceptors (Lipinski definition) is 10. The molecule has 59 heavy (non-hydrogen) atoms. The van der Waals surface area contributed by atoms with Crippen LogP contribution in [0.5, 0.6) is 0 Å². The van der Waals surface area contributed by atoms with Crippen LogP contribution in [-0.2, 0) is 37.4 Å². The van der Waals surface area contributed by atoms with E-state index < -0.39 is 43.7 Å². The lowest BCUT2D eigenvalue weighted by molar-refractivity contribution is -0.870. The molecule has 1 fully saturated rings. The van der Waals surface area contributed by atoms with Crippen molar-refractivity contribution in [1.29, 1.82) is 0 Å². The van der Waals surface area contributed by atoms with Crippen molar-refractivity contribution in [3.8, 4) is 0 Å². The average Bonchev–Trinajstić information content (AvgIpc) is 3.40. The number of ether oxygens (including phenoxy) is 3. The number of quaternary nitrogens is 1. The highest BCUT2D eigenvalue weighted by Gasteiger charge is 2.50. The van der Waals surface area contributed by atoms with Gasteiger partial charge < -0.3 is 28.8 Å². The summed E-state index contributed by atoms with van der Waals surface area (Å²) in [6.45, 7) is 8.70. The summed E-state index contributed by atoms with van der Waals surface area (Å²) in [5, 5.41) is 12.6. The second kappa shape index (κ2) is 32.5. The lowest BCUT2D eigenvalue weighted by Crippen LogP contribution is -2.50. The maximum atomic E-state index is 13.0. The molecule has 0 spiro atoms. The van der Waals surface area contributed by atoms with Crippen LogP contribution in [0, 0.1) is 0 Å². The van der Waals surface area contributed by atoms with Crippen LogP contribution in [0.15, 0.2) is 0 Å². The van der Waals surface area contributed by atoms with E-state index in [0.29, 0.717) is 30.5 Å². The maximum absolute atomic E-state index is 13.0. The molecule has 0 saturated carbocycles. The molecule has 13 heteroatoms. The standard InChI is InChI=1S/C46H91N2O10P/c1-8-10-12-14-16-18-19-20-21-22-24-26-29-33-43(49)54-39-42(40-57-59(52,53)56-38-37-48(5,6)7)58-44(50)34-30-28-32-36-46(47(51)45(3,4)41-55-46)35-31-27-25-23-17-15-13-11-9-2/h42,51H,8-41H2,1-7H3/p+1/t42-,46?/m1/s1. The molecule has 2 unspecified atom stereocenters. The van der Waals surface area contributed by atoms with Crippen molar-refractivity contribution in [2.24, 2.45) is 0 Å². The van der Waals surface area contributed by atoms with Gasteiger partial charge in [-0.25, -0.2) is 4.57 Å². The lowest BCUT2D eigenvalue weighted by atomic mass is 9.95. The second-order valence-corrected chi connectivity index (χ2v) is 20.4. The highest BCUT2D eigenvalue weighted by molar-refractivity contribution is 7.47. The Morgan fingerprint density at radius 1 is 0.661 bits per heavy atom. The third kappa shape index (κ3) is 29.0. The number of unbranched alkanes of at least 4 members (excludes halogenated alkanes) is 22. The smallest absolute Gasteiger partial charge is 0.462 e. The SMILES string of the molecule is CCCCCCCCCCCCCCCC(=O)OC[C@H](COP(=O)(O)OCC[N+](C)(C)C)OC(=O)CCCCCC1(CCCCCCCCCCC)OCC(C)(C)N1O. The van der Waals surface area contributed by atoms with Gasteiger partial charge in [-0.05, 0) is 52.4 Å². The zero-order chi connectivity index (χ0) is 43.9. The van der Waals surface area contributed by atoms with E-state index in [2.05, 4.69) is 13.8 Å². The third-order valence-corrected chi connectivity index (χ3v) is 12.4. The second-order valence-electron chi connectivity index (χ2n) is 18.9. The highest BCUT2D eigenvalue weighted by atomic mass is 31.2. The Labute approximate surface area is 361 Å². The summed E-state index contributed by atoms with van der Waals surface area (Å²) in [4.78, 5) is 35.9. The average molecular weight is 864 g/mol. The van der Waals surface area contributed by atoms with Crippen molar-refractivity contribution in [3.63, 3.8) is 0 Å². The molecule has 1 saturated heterocycles. The maximum Gasteiger partial charge on any atom is 0.472 e. The van der Waals surface area contributed by atoms with Gasteiger partial charge in [0.15, 0.2) is 6.10 Å².